The smallest absolute Gasteiger partial charge is 0.133 e. The van der Waals surface area contributed by atoms with Crippen LogP contribution in [-0.4, -0.2) is 22.7 Å². The molecule has 1 aliphatic heterocycles. The summed E-state index contributed by atoms with van der Waals surface area (Å²) in [5.74, 6) is 1.57. The van der Waals surface area contributed by atoms with Crippen LogP contribution in [0.3, 0.4) is 0 Å². The minimum atomic E-state index is 0.291. The Morgan fingerprint density at radius 1 is 1.11 bits per heavy atom. The molecule has 2 heterocycles. The summed E-state index contributed by atoms with van der Waals surface area (Å²) in [5, 5.41) is 0. The van der Waals surface area contributed by atoms with Crippen LogP contribution in [0.5, 0.6) is 0 Å². The van der Waals surface area contributed by atoms with Crippen LogP contribution in [0.4, 0.5) is 5.82 Å². The van der Waals surface area contributed by atoms with Crippen LogP contribution in [0.1, 0.15) is 49.2 Å². The first-order chi connectivity index (χ1) is 8.83. The second kappa shape index (κ2) is 5.22. The molecule has 2 aliphatic rings. The van der Waals surface area contributed by atoms with Crippen molar-refractivity contribution in [3.8, 4) is 0 Å². The van der Waals surface area contributed by atoms with Gasteiger partial charge in [-0.15, -0.1) is 0 Å². The number of nitrogens with zero attached hydrogens (tertiary/aromatic N) is 2. The molecule has 3 rings (SSSR count). The predicted molar refractivity (Wildman–Crippen MR) is 70.4 cm³/mol. The second-order valence-corrected chi connectivity index (χ2v) is 5.35. The first-order valence-electron chi connectivity index (χ1n) is 7.08. The first kappa shape index (κ1) is 11.9. The van der Waals surface area contributed by atoms with E-state index in [4.69, 9.17) is 15.5 Å². The summed E-state index contributed by atoms with van der Waals surface area (Å²) < 4.78 is 5.74. The fourth-order valence-corrected chi connectivity index (χ4v) is 2.94. The summed E-state index contributed by atoms with van der Waals surface area (Å²) in [6.07, 6.45) is 9.21. The minimum absolute atomic E-state index is 0.291. The third kappa shape index (κ3) is 2.48. The number of hydrogen-bond donors (Lipinski definition) is 1. The van der Waals surface area contributed by atoms with Gasteiger partial charge in [0.15, 0.2) is 0 Å². The maximum atomic E-state index is 6.06. The van der Waals surface area contributed by atoms with Crippen LogP contribution in [0.2, 0.25) is 0 Å². The average Bonchev–Trinajstić information content (AvgIpc) is 2.40. The van der Waals surface area contributed by atoms with Crippen molar-refractivity contribution in [3.63, 3.8) is 0 Å². The fourth-order valence-electron chi connectivity index (χ4n) is 2.94. The van der Waals surface area contributed by atoms with Crippen molar-refractivity contribution in [2.45, 2.75) is 57.5 Å². The maximum absolute atomic E-state index is 6.06. The van der Waals surface area contributed by atoms with Gasteiger partial charge < -0.3 is 10.5 Å². The van der Waals surface area contributed by atoms with Crippen molar-refractivity contribution in [2.75, 3.05) is 12.3 Å². The zero-order valence-corrected chi connectivity index (χ0v) is 10.8. The number of nitrogen functional groups attached to an aromatic ring is 1. The number of fused-ring (bicyclic) bond motifs is 1. The van der Waals surface area contributed by atoms with Gasteiger partial charge in [-0.2, -0.15) is 0 Å². The molecule has 4 heteroatoms. The van der Waals surface area contributed by atoms with Gasteiger partial charge in [-0.05, 0) is 44.9 Å². The van der Waals surface area contributed by atoms with E-state index in [-0.39, 0.29) is 0 Å². The van der Waals surface area contributed by atoms with E-state index < -0.39 is 0 Å². The van der Waals surface area contributed by atoms with E-state index in [1.165, 1.54) is 36.9 Å². The summed E-state index contributed by atoms with van der Waals surface area (Å²) in [4.78, 5) is 9.16. The molecule has 98 valence electrons. The Morgan fingerprint density at radius 3 is 2.83 bits per heavy atom. The Labute approximate surface area is 108 Å². The maximum Gasteiger partial charge on any atom is 0.133 e. The zero-order valence-electron chi connectivity index (χ0n) is 10.8. The minimum Gasteiger partial charge on any atom is -0.383 e. The predicted octanol–water partition coefficient (Wildman–Crippen LogP) is 2.05. The Bertz CT molecular complexity index is 427. The van der Waals surface area contributed by atoms with Crippen molar-refractivity contribution in [1.82, 2.24) is 9.97 Å². The Morgan fingerprint density at radius 2 is 2.00 bits per heavy atom. The fraction of sp³-hybridized carbons (Fsp3) is 0.714. The molecule has 1 aliphatic carbocycles. The molecule has 0 bridgehead atoms. The molecule has 0 saturated carbocycles. The summed E-state index contributed by atoms with van der Waals surface area (Å²) >= 11 is 0. The van der Waals surface area contributed by atoms with Crippen LogP contribution < -0.4 is 5.73 Å². The third-order valence-electron chi connectivity index (χ3n) is 3.95. The molecule has 1 fully saturated rings. The Balaban J connectivity index is 1.77. The molecule has 1 aromatic rings. The van der Waals surface area contributed by atoms with Gasteiger partial charge in [0.2, 0.25) is 0 Å². The van der Waals surface area contributed by atoms with Crippen LogP contribution in [0, 0.1) is 0 Å². The third-order valence-corrected chi connectivity index (χ3v) is 3.95. The van der Waals surface area contributed by atoms with Crippen molar-refractivity contribution in [2.24, 2.45) is 0 Å². The van der Waals surface area contributed by atoms with E-state index in [0.717, 1.165) is 38.1 Å². The number of aryl methyl sites for hydroxylation is 1. The van der Waals surface area contributed by atoms with Crippen molar-refractivity contribution in [1.29, 1.82) is 0 Å². The lowest BCUT2D eigenvalue weighted by molar-refractivity contribution is 0.0156. The number of ether oxygens (including phenoxy) is 1. The van der Waals surface area contributed by atoms with Gasteiger partial charge in [0, 0.05) is 24.3 Å². The molecule has 2 N–H and O–H groups in total. The molecule has 0 radical (unpaired) electrons. The Hall–Kier alpha value is -1.16. The van der Waals surface area contributed by atoms with Crippen LogP contribution in [-0.2, 0) is 24.0 Å². The summed E-state index contributed by atoms with van der Waals surface area (Å²) in [5.41, 5.74) is 8.42. The van der Waals surface area contributed by atoms with Crippen molar-refractivity contribution in [3.05, 3.63) is 17.1 Å². The van der Waals surface area contributed by atoms with Crippen molar-refractivity contribution < 1.29 is 4.74 Å². The molecule has 0 amide bonds. The molecular formula is C14H21N3O. The van der Waals surface area contributed by atoms with Crippen LogP contribution in [0.15, 0.2) is 0 Å². The molecular weight excluding hydrogens is 226 g/mol. The quantitative estimate of drug-likeness (QED) is 0.869. The highest BCUT2D eigenvalue weighted by Gasteiger charge is 2.19. The molecule has 0 spiro atoms. The average molecular weight is 247 g/mol. The number of nitrogens with two attached hydrogens (primary N) is 1. The lowest BCUT2D eigenvalue weighted by atomic mass is 9.96. The molecule has 18 heavy (non-hydrogen) atoms. The van der Waals surface area contributed by atoms with E-state index in [1.54, 1.807) is 0 Å². The highest BCUT2D eigenvalue weighted by molar-refractivity contribution is 5.43. The van der Waals surface area contributed by atoms with Gasteiger partial charge >= 0.3 is 0 Å². The molecule has 0 aromatic carbocycles. The summed E-state index contributed by atoms with van der Waals surface area (Å²) in [6.45, 7) is 0.880. The van der Waals surface area contributed by atoms with Crippen molar-refractivity contribution >= 4 is 5.82 Å². The molecule has 1 unspecified atom stereocenters. The normalized spacial score (nSPS) is 23.7. The van der Waals surface area contributed by atoms with Gasteiger partial charge in [-0.25, -0.2) is 9.97 Å². The van der Waals surface area contributed by atoms with E-state index in [0.29, 0.717) is 11.9 Å². The topological polar surface area (TPSA) is 61.0 Å². The van der Waals surface area contributed by atoms with E-state index >= 15 is 0 Å². The zero-order chi connectivity index (χ0) is 12.4. The highest BCUT2D eigenvalue weighted by atomic mass is 16.5. The highest BCUT2D eigenvalue weighted by Crippen LogP contribution is 2.24. The first-order valence-corrected chi connectivity index (χ1v) is 7.08. The number of anilines is 1. The van der Waals surface area contributed by atoms with Gasteiger partial charge in [-0.1, -0.05) is 0 Å². The molecule has 1 atom stereocenters. The van der Waals surface area contributed by atoms with E-state index in [9.17, 15) is 0 Å². The van der Waals surface area contributed by atoms with Crippen LogP contribution >= 0.6 is 0 Å². The Kier molecular flexibility index (Phi) is 3.46. The van der Waals surface area contributed by atoms with Gasteiger partial charge in [-0.3, -0.25) is 0 Å². The lowest BCUT2D eigenvalue weighted by Crippen LogP contribution is -2.23. The van der Waals surface area contributed by atoms with Crippen LogP contribution in [0.25, 0.3) is 0 Å². The second-order valence-electron chi connectivity index (χ2n) is 5.35. The standard InChI is InChI=1S/C14H21N3O/c15-14-11-6-1-2-7-12(11)16-13(17-14)9-10-5-3-4-8-18-10/h10H,1-9H2,(H2,15,16,17). The summed E-state index contributed by atoms with van der Waals surface area (Å²) in [7, 11) is 0. The summed E-state index contributed by atoms with van der Waals surface area (Å²) in [6, 6.07) is 0. The molecule has 4 nitrogen and oxygen atoms in total. The van der Waals surface area contributed by atoms with E-state index in [2.05, 4.69) is 4.98 Å². The number of hydrogen-bond acceptors (Lipinski definition) is 4. The molecule has 1 saturated heterocycles. The largest absolute Gasteiger partial charge is 0.383 e. The number of rotatable bonds is 2. The van der Waals surface area contributed by atoms with E-state index in [1.807, 2.05) is 0 Å². The van der Waals surface area contributed by atoms with Gasteiger partial charge in [0.1, 0.15) is 11.6 Å². The lowest BCUT2D eigenvalue weighted by Gasteiger charge is -2.23. The number of aromatic nitrogens is 2. The van der Waals surface area contributed by atoms with Gasteiger partial charge in [0.05, 0.1) is 6.10 Å². The van der Waals surface area contributed by atoms with Gasteiger partial charge in [0.25, 0.3) is 0 Å². The SMILES string of the molecule is Nc1nc(CC2CCCCO2)nc2c1CCCC2. The monoisotopic (exact) mass is 247 g/mol. The molecule has 1 aromatic heterocycles.